The number of hydroxylamine groups is 1. The molecule has 0 aliphatic carbocycles. The summed E-state index contributed by atoms with van der Waals surface area (Å²) in [6, 6.07) is 8.79. The fourth-order valence-electron chi connectivity index (χ4n) is 6.44. The van der Waals surface area contributed by atoms with E-state index in [-0.39, 0.29) is 12.2 Å². The first-order valence-corrected chi connectivity index (χ1v) is 14.5. The molecule has 3 aromatic rings. The summed E-state index contributed by atoms with van der Waals surface area (Å²) in [5.74, 6) is 1.64. The van der Waals surface area contributed by atoms with E-state index < -0.39 is 0 Å². The van der Waals surface area contributed by atoms with E-state index >= 15 is 0 Å². The van der Waals surface area contributed by atoms with Crippen molar-refractivity contribution in [1.29, 1.82) is 0 Å². The van der Waals surface area contributed by atoms with Crippen molar-refractivity contribution >= 4 is 22.8 Å². The molecule has 1 N–H and O–H groups in total. The summed E-state index contributed by atoms with van der Waals surface area (Å²) in [6.07, 6.45) is 12.8. The summed E-state index contributed by atoms with van der Waals surface area (Å²) in [5.41, 5.74) is 5.70. The quantitative estimate of drug-likeness (QED) is 0.456. The highest BCUT2D eigenvalue weighted by atomic mass is 16.8. The molecule has 9 heteroatoms. The van der Waals surface area contributed by atoms with E-state index in [4.69, 9.17) is 9.57 Å². The second-order valence-electron chi connectivity index (χ2n) is 11.4. The molecule has 0 spiro atoms. The Balaban J connectivity index is 0.978. The van der Waals surface area contributed by atoms with Crippen LogP contribution in [0.25, 0.3) is 10.9 Å². The number of nitrogens with one attached hydrogen (secondary N) is 1. The third kappa shape index (κ3) is 6.10. The van der Waals surface area contributed by atoms with Crippen molar-refractivity contribution < 1.29 is 14.4 Å². The van der Waals surface area contributed by atoms with E-state index in [1.54, 1.807) is 12.4 Å². The number of hydrogen-bond donors (Lipinski definition) is 1. The second kappa shape index (κ2) is 12.0. The minimum atomic E-state index is -0.377. The third-order valence-corrected chi connectivity index (χ3v) is 8.61. The number of piperidine rings is 2. The van der Waals surface area contributed by atoms with E-state index in [2.05, 4.69) is 67.3 Å². The number of aryl methyl sites for hydroxylation is 1. The van der Waals surface area contributed by atoms with Crippen molar-refractivity contribution in [2.24, 2.45) is 13.0 Å². The lowest BCUT2D eigenvalue weighted by atomic mass is 9.89. The maximum Gasteiger partial charge on any atom is 0.278 e. The molecule has 0 radical (unpaired) electrons. The second-order valence-corrected chi connectivity index (χ2v) is 11.4. The van der Waals surface area contributed by atoms with Crippen molar-refractivity contribution in [3.8, 4) is 0 Å². The highest BCUT2D eigenvalue weighted by Gasteiger charge is 2.28. The van der Waals surface area contributed by atoms with E-state index in [0.717, 1.165) is 51.7 Å². The molecule has 3 fully saturated rings. The van der Waals surface area contributed by atoms with Crippen molar-refractivity contribution in [1.82, 2.24) is 24.9 Å². The molecule has 0 saturated carbocycles. The molecule has 1 amide bonds. The van der Waals surface area contributed by atoms with Gasteiger partial charge in [0.25, 0.3) is 5.91 Å². The van der Waals surface area contributed by atoms with E-state index in [1.807, 2.05) is 0 Å². The Bertz CT molecular complexity index is 1250. The predicted octanol–water partition coefficient (Wildman–Crippen LogP) is 4.25. The molecule has 3 saturated heterocycles. The average molecular weight is 533 g/mol. The smallest absolute Gasteiger partial charge is 0.278 e. The number of amides is 1. The van der Waals surface area contributed by atoms with Crippen LogP contribution in [-0.4, -0.2) is 71.0 Å². The molecule has 0 bridgehead atoms. The molecular formula is C30H40N6O3. The fraction of sp³-hybridized carbons (Fsp3) is 0.567. The van der Waals surface area contributed by atoms with Gasteiger partial charge in [-0.05, 0) is 68.5 Å². The Labute approximate surface area is 230 Å². The largest absolute Gasteiger partial charge is 0.350 e. The van der Waals surface area contributed by atoms with E-state index in [0.29, 0.717) is 30.0 Å². The normalized spacial score (nSPS) is 23.3. The van der Waals surface area contributed by atoms with Crippen molar-refractivity contribution in [3.63, 3.8) is 0 Å². The monoisotopic (exact) mass is 532 g/mol. The Morgan fingerprint density at radius 1 is 1.05 bits per heavy atom. The number of ether oxygens (including phenoxy) is 1. The van der Waals surface area contributed by atoms with Gasteiger partial charge >= 0.3 is 0 Å². The SMILES string of the molecule is Cn1cc(C2CCCN(CC3CCN(c4ncc(C(=O)NOC5CCCCO5)cn4)CC3)C2)c2ccccc21. The summed E-state index contributed by atoms with van der Waals surface area (Å²) in [7, 11) is 2.16. The van der Waals surface area contributed by atoms with Gasteiger partial charge in [-0.25, -0.2) is 20.3 Å². The summed E-state index contributed by atoms with van der Waals surface area (Å²) in [6.45, 7) is 6.07. The van der Waals surface area contributed by atoms with Crippen LogP contribution in [0.2, 0.25) is 0 Å². The lowest BCUT2D eigenvalue weighted by molar-refractivity contribution is -0.186. The molecule has 2 atom stereocenters. The molecule has 3 aliphatic rings. The highest BCUT2D eigenvalue weighted by molar-refractivity contribution is 5.92. The summed E-state index contributed by atoms with van der Waals surface area (Å²) < 4.78 is 7.76. The van der Waals surface area contributed by atoms with E-state index in [9.17, 15) is 4.79 Å². The van der Waals surface area contributed by atoms with Crippen molar-refractivity contribution in [2.45, 2.75) is 57.2 Å². The number of para-hydroxylation sites is 1. The molecule has 5 heterocycles. The molecule has 9 nitrogen and oxygen atoms in total. The zero-order valence-corrected chi connectivity index (χ0v) is 22.9. The average Bonchev–Trinajstić information content (AvgIpc) is 3.33. The lowest BCUT2D eigenvalue weighted by Gasteiger charge is -2.38. The van der Waals surface area contributed by atoms with Gasteiger partial charge in [-0.3, -0.25) is 4.79 Å². The van der Waals surface area contributed by atoms with Crippen LogP contribution in [0, 0.1) is 5.92 Å². The number of carbonyl (C=O) groups excluding carboxylic acids is 1. The molecule has 3 aliphatic heterocycles. The van der Waals surface area contributed by atoms with E-state index in [1.165, 1.54) is 42.4 Å². The Morgan fingerprint density at radius 3 is 2.67 bits per heavy atom. The Morgan fingerprint density at radius 2 is 1.87 bits per heavy atom. The predicted molar refractivity (Wildman–Crippen MR) is 150 cm³/mol. The van der Waals surface area contributed by atoms with Gasteiger partial charge in [0.15, 0.2) is 6.29 Å². The molecule has 208 valence electrons. The number of carbonyl (C=O) groups is 1. The number of anilines is 1. The zero-order valence-electron chi connectivity index (χ0n) is 22.9. The van der Waals surface area contributed by atoms with Gasteiger partial charge in [-0.15, -0.1) is 0 Å². The molecular weight excluding hydrogens is 492 g/mol. The van der Waals surface area contributed by atoms with Gasteiger partial charge < -0.3 is 19.1 Å². The minimum Gasteiger partial charge on any atom is -0.350 e. The van der Waals surface area contributed by atoms with Gasteiger partial charge in [0, 0.05) is 75.7 Å². The number of likely N-dealkylation sites (tertiary alicyclic amines) is 1. The number of nitrogens with zero attached hydrogens (tertiary/aromatic N) is 5. The molecule has 39 heavy (non-hydrogen) atoms. The van der Waals surface area contributed by atoms with Crippen molar-refractivity contribution in [3.05, 3.63) is 54.0 Å². The van der Waals surface area contributed by atoms with Crippen LogP contribution in [0.5, 0.6) is 0 Å². The lowest BCUT2D eigenvalue weighted by Crippen LogP contribution is -2.42. The number of aromatic nitrogens is 3. The molecule has 1 aromatic carbocycles. The maximum absolute atomic E-state index is 12.4. The number of rotatable bonds is 7. The Hall–Kier alpha value is -3.01. The van der Waals surface area contributed by atoms with Crippen LogP contribution in [0.3, 0.4) is 0 Å². The van der Waals surface area contributed by atoms with Gasteiger partial charge in [0.1, 0.15) is 0 Å². The summed E-state index contributed by atoms with van der Waals surface area (Å²) in [4.78, 5) is 31.7. The molecule has 2 unspecified atom stereocenters. The Kier molecular flexibility index (Phi) is 8.08. The highest BCUT2D eigenvalue weighted by Crippen LogP contribution is 2.34. The molecule has 6 rings (SSSR count). The number of fused-ring (bicyclic) bond motifs is 1. The van der Waals surface area contributed by atoms with Gasteiger partial charge in [-0.1, -0.05) is 18.2 Å². The molecule has 2 aromatic heterocycles. The first kappa shape index (κ1) is 26.2. The van der Waals surface area contributed by atoms with Gasteiger partial charge in [-0.2, -0.15) is 0 Å². The number of hydrogen-bond acceptors (Lipinski definition) is 7. The number of benzene rings is 1. The van der Waals surface area contributed by atoms with Crippen molar-refractivity contribution in [2.75, 3.05) is 44.2 Å². The summed E-state index contributed by atoms with van der Waals surface area (Å²) in [5, 5.41) is 1.41. The van der Waals surface area contributed by atoms with Crippen LogP contribution in [0.4, 0.5) is 5.95 Å². The first-order valence-electron chi connectivity index (χ1n) is 14.5. The standard InChI is InChI=1S/C30H40N6O3/c1-34-21-26(25-8-2-3-9-27(25)34)23-7-6-13-35(20-23)19-22-11-14-36(15-12-22)30-31-17-24(18-32-30)29(37)33-39-28-10-4-5-16-38-28/h2-3,8-9,17-18,21-23,28H,4-7,10-16,19-20H2,1H3,(H,33,37). The van der Waals surface area contributed by atoms with Crippen LogP contribution >= 0.6 is 0 Å². The maximum atomic E-state index is 12.4. The van der Waals surface area contributed by atoms with Crippen LogP contribution in [0.15, 0.2) is 42.9 Å². The van der Waals surface area contributed by atoms with Crippen LogP contribution in [-0.2, 0) is 16.6 Å². The third-order valence-electron chi connectivity index (χ3n) is 8.61. The fourth-order valence-corrected chi connectivity index (χ4v) is 6.44. The zero-order chi connectivity index (χ0) is 26.6. The topological polar surface area (TPSA) is 84.8 Å². The van der Waals surface area contributed by atoms with Gasteiger partial charge in [0.2, 0.25) is 5.95 Å². The summed E-state index contributed by atoms with van der Waals surface area (Å²) >= 11 is 0. The van der Waals surface area contributed by atoms with Crippen LogP contribution in [0.1, 0.15) is 66.8 Å². The minimum absolute atomic E-state index is 0.349. The van der Waals surface area contributed by atoms with Crippen LogP contribution < -0.4 is 10.4 Å². The van der Waals surface area contributed by atoms with Gasteiger partial charge in [0.05, 0.1) is 5.56 Å². The first-order chi connectivity index (χ1) is 19.1.